The molecule has 0 saturated carbocycles. The van der Waals surface area contributed by atoms with Crippen molar-refractivity contribution in [2.75, 3.05) is 26.4 Å². The third-order valence-electron chi connectivity index (χ3n) is 8.07. The van der Waals surface area contributed by atoms with Crippen LogP contribution in [0.4, 0.5) is 0 Å². The Hall–Kier alpha value is -1.02. The number of nitrogens with one attached hydrogen (secondary N) is 1. The van der Waals surface area contributed by atoms with E-state index >= 15 is 0 Å². The highest BCUT2D eigenvalue weighted by Gasteiger charge is 2.52. The summed E-state index contributed by atoms with van der Waals surface area (Å²) < 4.78 is 22.0. The van der Waals surface area contributed by atoms with E-state index in [0.29, 0.717) is 0 Å². The lowest BCUT2D eigenvalue weighted by Gasteiger charge is -2.48. The van der Waals surface area contributed by atoms with Crippen LogP contribution < -0.4 is 5.32 Å². The molecule has 2 aliphatic heterocycles. The molecule has 258 valence electrons. The summed E-state index contributed by atoms with van der Waals surface area (Å²) in [5.41, 5.74) is -0.0337. The van der Waals surface area contributed by atoms with Crippen molar-refractivity contribution >= 4 is 0 Å². The maximum Gasteiger partial charge on any atom is 0.187 e. The molecule has 0 aromatic rings. The Labute approximate surface area is 251 Å². The summed E-state index contributed by atoms with van der Waals surface area (Å²) in [6.45, 7) is -2.09. The fraction of sp³-hybridized carbons (Fsp3) is 0.920. The molecule has 15 N–H and O–H groups in total. The molecule has 2 fully saturated rings. The van der Waals surface area contributed by atoms with E-state index in [-0.39, 0.29) is 5.57 Å². The number of hydrogen-bond acceptors (Lipinski definition) is 19. The van der Waals surface area contributed by atoms with E-state index in [1.54, 1.807) is 0 Å². The van der Waals surface area contributed by atoms with E-state index in [1.165, 1.54) is 6.08 Å². The van der Waals surface area contributed by atoms with Gasteiger partial charge >= 0.3 is 0 Å². The van der Waals surface area contributed by atoms with Crippen LogP contribution in [0.15, 0.2) is 11.6 Å². The Kier molecular flexibility index (Phi) is 13.8. The first-order valence-electron chi connectivity index (χ1n) is 14.0. The van der Waals surface area contributed by atoms with Crippen LogP contribution >= 0.6 is 0 Å². The highest BCUT2D eigenvalue weighted by molar-refractivity contribution is 5.22. The normalized spacial score (nSPS) is 44.5. The van der Waals surface area contributed by atoms with Gasteiger partial charge in [-0.2, -0.15) is 0 Å². The minimum absolute atomic E-state index is 0.0337. The monoisotopic (exact) mass is 647 g/mol. The van der Waals surface area contributed by atoms with Gasteiger partial charge in [0.1, 0.15) is 79.4 Å². The van der Waals surface area contributed by atoms with Crippen molar-refractivity contribution < 1.29 is 90.4 Å². The molecule has 1 aliphatic carbocycles. The SMILES string of the molecule is CC(O)C(O)C(O[C@H]1OC(CO)C(O[C@@H]2O[C@H](CO)C(N[C@@H]3C=C(CO)[C@@H](O)C(O)[C@H]3O)[C@H](O)C2O)C(O)[C@H]1O)[C@H](O)CO. The molecular formula is C25H45NO18. The third-order valence-corrected chi connectivity index (χ3v) is 8.07. The van der Waals surface area contributed by atoms with Crippen LogP contribution in [-0.2, 0) is 18.9 Å². The van der Waals surface area contributed by atoms with Crippen molar-refractivity contribution in [1.82, 2.24) is 5.32 Å². The van der Waals surface area contributed by atoms with Gasteiger partial charge in [0.15, 0.2) is 12.6 Å². The lowest BCUT2D eigenvalue weighted by molar-refractivity contribution is -0.363. The maximum absolute atomic E-state index is 10.9. The van der Waals surface area contributed by atoms with Crippen LogP contribution in [0.2, 0.25) is 0 Å². The van der Waals surface area contributed by atoms with Gasteiger partial charge in [-0.15, -0.1) is 0 Å². The van der Waals surface area contributed by atoms with Gasteiger partial charge in [0, 0.05) is 0 Å². The molecule has 2 saturated heterocycles. The average Bonchev–Trinajstić information content (AvgIpc) is 3.01. The number of hydrogen-bond donors (Lipinski definition) is 15. The first-order chi connectivity index (χ1) is 20.7. The summed E-state index contributed by atoms with van der Waals surface area (Å²) in [6.07, 6.45) is -26.3. The summed E-state index contributed by atoms with van der Waals surface area (Å²) in [6, 6.07) is -2.51. The van der Waals surface area contributed by atoms with Crippen LogP contribution in [0.3, 0.4) is 0 Å². The zero-order chi connectivity index (χ0) is 33.0. The van der Waals surface area contributed by atoms with E-state index < -0.39 is 137 Å². The summed E-state index contributed by atoms with van der Waals surface area (Å²) >= 11 is 0. The van der Waals surface area contributed by atoms with Crippen LogP contribution in [0.25, 0.3) is 0 Å². The van der Waals surface area contributed by atoms with E-state index in [0.717, 1.165) is 6.92 Å². The molecule has 0 aromatic heterocycles. The summed E-state index contributed by atoms with van der Waals surface area (Å²) in [5, 5.41) is 145. The fourth-order valence-corrected chi connectivity index (χ4v) is 5.39. The first kappa shape index (κ1) is 37.4. The molecule has 0 radical (unpaired) electrons. The Balaban J connectivity index is 1.74. The van der Waals surface area contributed by atoms with E-state index in [9.17, 15) is 71.5 Å². The molecule has 18 atom stereocenters. The quantitative estimate of drug-likeness (QED) is 0.0825. The molecule has 3 rings (SSSR count). The summed E-state index contributed by atoms with van der Waals surface area (Å²) in [5.74, 6) is 0. The van der Waals surface area contributed by atoms with E-state index in [4.69, 9.17) is 18.9 Å². The third kappa shape index (κ3) is 7.91. The van der Waals surface area contributed by atoms with Crippen molar-refractivity contribution in [2.24, 2.45) is 0 Å². The number of rotatable bonds is 13. The standard InChI is InChI=1S/C25H45NO18/c1-7(31)14(33)22(10(32)4-28)43-25-21(40)19(38)23(12(6-30)42-25)44-24-20(39)17(36)13(11(5-29)41-24)26-9-2-8(3-27)15(34)18(37)16(9)35/h2,7,9-40H,3-6H2,1H3/t7?,9-,10-,11-,12?,13?,14?,15-,16+,17+,18?,19?,20?,21-,22?,23?,24+,25-/m1/s1. The van der Waals surface area contributed by atoms with Gasteiger partial charge < -0.3 is 95.8 Å². The molecule has 44 heavy (non-hydrogen) atoms. The lowest BCUT2D eigenvalue weighted by Crippen LogP contribution is -2.69. The predicted molar refractivity (Wildman–Crippen MR) is 140 cm³/mol. The molecule has 0 amide bonds. The van der Waals surface area contributed by atoms with Crippen molar-refractivity contribution in [3.05, 3.63) is 11.6 Å². The molecule has 0 bridgehead atoms. The van der Waals surface area contributed by atoms with Crippen molar-refractivity contribution in [2.45, 2.75) is 117 Å². The molecular weight excluding hydrogens is 602 g/mol. The second kappa shape index (κ2) is 16.2. The highest BCUT2D eigenvalue weighted by atomic mass is 16.7. The van der Waals surface area contributed by atoms with Crippen LogP contribution in [0, 0.1) is 0 Å². The molecule has 3 aliphatic rings. The Bertz CT molecular complexity index is 910. The van der Waals surface area contributed by atoms with Crippen LogP contribution in [-0.4, -0.2) is 208 Å². The second-order valence-electron chi connectivity index (χ2n) is 11.1. The van der Waals surface area contributed by atoms with Gasteiger partial charge in [-0.1, -0.05) is 6.08 Å². The van der Waals surface area contributed by atoms with E-state index in [1.807, 2.05) is 0 Å². The number of aliphatic hydroxyl groups excluding tert-OH is 14. The number of aliphatic hydroxyl groups is 14. The van der Waals surface area contributed by atoms with Gasteiger partial charge in [-0.05, 0) is 12.5 Å². The highest BCUT2D eigenvalue weighted by Crippen LogP contribution is 2.31. The summed E-state index contributed by atoms with van der Waals surface area (Å²) in [7, 11) is 0. The zero-order valence-corrected chi connectivity index (χ0v) is 23.7. The Morgan fingerprint density at radius 1 is 0.773 bits per heavy atom. The topological polar surface area (TPSA) is 332 Å². The minimum Gasteiger partial charge on any atom is -0.394 e. The van der Waals surface area contributed by atoms with Crippen molar-refractivity contribution in [3.63, 3.8) is 0 Å². The van der Waals surface area contributed by atoms with Gasteiger partial charge in [0.2, 0.25) is 0 Å². The largest absolute Gasteiger partial charge is 0.394 e. The minimum atomic E-state index is -1.99. The van der Waals surface area contributed by atoms with Crippen LogP contribution in [0.1, 0.15) is 6.92 Å². The first-order valence-corrected chi connectivity index (χ1v) is 14.0. The fourth-order valence-electron chi connectivity index (χ4n) is 5.39. The van der Waals surface area contributed by atoms with Crippen molar-refractivity contribution in [3.8, 4) is 0 Å². The van der Waals surface area contributed by atoms with Gasteiger partial charge in [0.05, 0.1) is 44.6 Å². The zero-order valence-electron chi connectivity index (χ0n) is 23.7. The second-order valence-corrected chi connectivity index (χ2v) is 11.1. The van der Waals surface area contributed by atoms with Crippen LogP contribution in [0.5, 0.6) is 0 Å². The van der Waals surface area contributed by atoms with Crippen molar-refractivity contribution in [1.29, 1.82) is 0 Å². The number of ether oxygens (including phenoxy) is 4. The average molecular weight is 648 g/mol. The van der Waals surface area contributed by atoms with E-state index in [2.05, 4.69) is 5.32 Å². The van der Waals surface area contributed by atoms with Gasteiger partial charge in [-0.3, -0.25) is 0 Å². The Morgan fingerprint density at radius 3 is 1.91 bits per heavy atom. The molecule has 19 heteroatoms. The molecule has 0 spiro atoms. The predicted octanol–water partition coefficient (Wildman–Crippen LogP) is -8.93. The Morgan fingerprint density at radius 2 is 1.36 bits per heavy atom. The molecule has 9 unspecified atom stereocenters. The molecule has 0 aromatic carbocycles. The summed E-state index contributed by atoms with van der Waals surface area (Å²) in [4.78, 5) is 0. The maximum atomic E-state index is 10.9. The lowest BCUT2D eigenvalue weighted by atomic mass is 9.86. The molecule has 19 nitrogen and oxygen atoms in total. The molecule has 2 heterocycles. The smallest absolute Gasteiger partial charge is 0.187 e. The van der Waals surface area contributed by atoms with Gasteiger partial charge in [0.25, 0.3) is 0 Å². The van der Waals surface area contributed by atoms with Gasteiger partial charge in [-0.25, -0.2) is 0 Å².